The summed E-state index contributed by atoms with van der Waals surface area (Å²) in [6.45, 7) is 3.05. The van der Waals surface area contributed by atoms with E-state index >= 15 is 0 Å². The number of rotatable bonds is 5. The molecule has 1 amide bonds. The van der Waals surface area contributed by atoms with Crippen LogP contribution in [-0.4, -0.2) is 45.8 Å². The molecule has 14 heteroatoms. The Kier molecular flexibility index (Phi) is 6.12. The van der Waals surface area contributed by atoms with Crippen LogP contribution in [-0.2, 0) is 11.8 Å². The van der Waals surface area contributed by atoms with Gasteiger partial charge in [0.1, 0.15) is 5.60 Å². The number of hydrogen-bond donors (Lipinski definition) is 2. The zero-order valence-electron chi connectivity index (χ0n) is 19.8. The number of aromatic nitrogens is 7. The van der Waals surface area contributed by atoms with E-state index in [1.807, 2.05) is 0 Å². The van der Waals surface area contributed by atoms with Gasteiger partial charge >= 0.3 is 6.18 Å². The lowest BCUT2D eigenvalue weighted by atomic mass is 9.97. The predicted octanol–water partition coefficient (Wildman–Crippen LogP) is 4.55. The molecule has 0 aliphatic carbocycles. The normalized spacial score (nSPS) is 12.2. The van der Waals surface area contributed by atoms with Gasteiger partial charge in [0, 0.05) is 17.0 Å². The van der Waals surface area contributed by atoms with E-state index in [1.165, 1.54) is 62.9 Å². The molecule has 194 valence electrons. The van der Waals surface area contributed by atoms with Gasteiger partial charge in [-0.3, -0.25) is 9.78 Å². The van der Waals surface area contributed by atoms with Crippen LogP contribution < -0.4 is 5.32 Å². The molecule has 0 atom stereocenters. The lowest BCUT2D eigenvalue weighted by Crippen LogP contribution is -2.21. The maximum Gasteiger partial charge on any atom is 0.434 e. The number of carbonyl (C=O) groups excluding carboxylic acids is 1. The fourth-order valence-corrected chi connectivity index (χ4v) is 4.24. The summed E-state index contributed by atoms with van der Waals surface area (Å²) < 4.78 is 43.6. The summed E-state index contributed by atoms with van der Waals surface area (Å²) >= 11 is 6.20. The Morgan fingerprint density at radius 1 is 1.00 bits per heavy atom. The Labute approximate surface area is 217 Å². The number of amides is 1. The molecule has 0 unspecified atom stereocenters. The number of aliphatic hydroxyl groups is 1. The lowest BCUT2D eigenvalue weighted by molar-refractivity contribution is -0.143. The van der Waals surface area contributed by atoms with E-state index in [4.69, 9.17) is 11.6 Å². The van der Waals surface area contributed by atoms with Gasteiger partial charge < -0.3 is 10.4 Å². The largest absolute Gasteiger partial charge is 0.434 e. The Bertz CT molecular complexity index is 1660. The van der Waals surface area contributed by atoms with Gasteiger partial charge in [-0.2, -0.15) is 28.5 Å². The molecule has 0 saturated carbocycles. The third kappa shape index (κ3) is 4.57. The minimum atomic E-state index is -4.94. The summed E-state index contributed by atoms with van der Waals surface area (Å²) in [7, 11) is 0. The second-order valence-corrected chi connectivity index (χ2v) is 9.12. The number of benzene rings is 1. The van der Waals surface area contributed by atoms with Crippen molar-refractivity contribution >= 4 is 34.0 Å². The number of nitrogens with one attached hydrogen (secondary N) is 1. The van der Waals surface area contributed by atoms with Crippen LogP contribution in [0.25, 0.3) is 22.3 Å². The number of anilines is 1. The molecule has 1 aromatic carbocycles. The number of fused-ring (bicyclic) bond motifs is 1. The molecule has 0 bridgehead atoms. The summed E-state index contributed by atoms with van der Waals surface area (Å²) in [6.07, 6.45) is 1.34. The minimum Gasteiger partial charge on any atom is -0.384 e. The van der Waals surface area contributed by atoms with E-state index in [-0.39, 0.29) is 27.9 Å². The van der Waals surface area contributed by atoms with Crippen molar-refractivity contribution in [1.82, 2.24) is 34.7 Å². The monoisotopic (exact) mass is 542 g/mol. The van der Waals surface area contributed by atoms with E-state index in [0.29, 0.717) is 15.5 Å². The average Bonchev–Trinajstić information content (AvgIpc) is 3.53. The Hall–Kier alpha value is -4.36. The topological polar surface area (TPSA) is 124 Å². The quantitative estimate of drug-likeness (QED) is 0.334. The van der Waals surface area contributed by atoms with E-state index in [9.17, 15) is 23.1 Å². The van der Waals surface area contributed by atoms with Gasteiger partial charge in [0.2, 0.25) is 0 Å². The van der Waals surface area contributed by atoms with Crippen molar-refractivity contribution < 1.29 is 23.1 Å². The number of alkyl halides is 3. The molecular formula is C24H18ClF3N8O2. The van der Waals surface area contributed by atoms with Crippen LogP contribution >= 0.6 is 11.6 Å². The fraction of sp³-hybridized carbons (Fsp3) is 0.167. The van der Waals surface area contributed by atoms with Crippen LogP contribution in [0.1, 0.15) is 35.6 Å². The van der Waals surface area contributed by atoms with Crippen molar-refractivity contribution in [3.8, 4) is 11.5 Å². The van der Waals surface area contributed by atoms with Crippen LogP contribution in [0.2, 0.25) is 5.02 Å². The summed E-state index contributed by atoms with van der Waals surface area (Å²) in [6, 6.07) is 7.44. The highest BCUT2D eigenvalue weighted by Gasteiger charge is 2.41. The maximum atomic E-state index is 14.3. The summed E-state index contributed by atoms with van der Waals surface area (Å²) in [5.41, 5.74) is -2.93. The van der Waals surface area contributed by atoms with Crippen molar-refractivity contribution in [3.63, 3.8) is 0 Å². The van der Waals surface area contributed by atoms with E-state index in [1.54, 1.807) is 6.07 Å². The Balaban J connectivity index is 1.56. The second kappa shape index (κ2) is 9.19. The molecular weight excluding hydrogens is 525 g/mol. The van der Waals surface area contributed by atoms with Gasteiger partial charge in [-0.05, 0) is 32.0 Å². The van der Waals surface area contributed by atoms with Crippen LogP contribution in [0.15, 0.2) is 61.3 Å². The Morgan fingerprint density at radius 3 is 2.39 bits per heavy atom. The third-order valence-electron chi connectivity index (χ3n) is 5.56. The molecule has 0 saturated heterocycles. The predicted molar refractivity (Wildman–Crippen MR) is 131 cm³/mol. The number of pyridine rings is 2. The Morgan fingerprint density at radius 2 is 1.74 bits per heavy atom. The second-order valence-electron chi connectivity index (χ2n) is 8.71. The molecule has 5 rings (SSSR count). The first kappa shape index (κ1) is 25.3. The van der Waals surface area contributed by atoms with Crippen LogP contribution in [0.5, 0.6) is 0 Å². The van der Waals surface area contributed by atoms with Crippen molar-refractivity contribution in [1.29, 1.82) is 0 Å². The van der Waals surface area contributed by atoms with E-state index in [2.05, 4.69) is 30.6 Å². The van der Waals surface area contributed by atoms with E-state index < -0.39 is 28.9 Å². The number of nitrogens with zero attached hydrogens (tertiary/aromatic N) is 7. The summed E-state index contributed by atoms with van der Waals surface area (Å²) in [5, 5.41) is 25.5. The number of carbonyl (C=O) groups is 1. The van der Waals surface area contributed by atoms with Crippen molar-refractivity contribution in [2.75, 3.05) is 5.32 Å². The molecule has 4 heterocycles. The van der Waals surface area contributed by atoms with Gasteiger partial charge in [0.15, 0.2) is 11.5 Å². The molecule has 10 nitrogen and oxygen atoms in total. The zero-order valence-corrected chi connectivity index (χ0v) is 20.5. The lowest BCUT2D eigenvalue weighted by Gasteiger charge is -2.20. The summed E-state index contributed by atoms with van der Waals surface area (Å²) in [5.74, 6) is -0.889. The molecule has 0 aliphatic heterocycles. The van der Waals surface area contributed by atoms with Crippen molar-refractivity contribution in [2.24, 2.45) is 0 Å². The van der Waals surface area contributed by atoms with Crippen molar-refractivity contribution in [3.05, 3.63) is 83.3 Å². The summed E-state index contributed by atoms with van der Waals surface area (Å²) in [4.78, 5) is 22.4. The molecule has 0 aliphatic rings. The molecule has 4 aromatic heterocycles. The zero-order chi connectivity index (χ0) is 27.2. The SMILES string of the molecule is CC(C)(O)c1nccc2c(-n3ncc(C(=O)Nc4cnc(-n5nccn5)c(Cl)c4)c3C(F)(F)F)cccc12. The standard InChI is InChI=1S/C24H18ClF3N8O2/c1-23(2,38)19-15-4-3-5-18(14(15)6-7-29-19)35-20(24(26,27)28)16(12-33-35)22(37)34-13-10-17(25)21(30-11-13)36-31-8-9-32-36/h3-12,38H,1-2H3,(H,34,37). The average molecular weight is 543 g/mol. The first-order valence-corrected chi connectivity index (χ1v) is 11.4. The molecule has 5 aromatic rings. The smallest absolute Gasteiger partial charge is 0.384 e. The fourth-order valence-electron chi connectivity index (χ4n) is 4.00. The van der Waals surface area contributed by atoms with Gasteiger partial charge in [-0.25, -0.2) is 9.67 Å². The van der Waals surface area contributed by atoms with Gasteiger partial charge in [-0.15, -0.1) is 4.80 Å². The van der Waals surface area contributed by atoms with Gasteiger partial charge in [0.25, 0.3) is 5.91 Å². The highest BCUT2D eigenvalue weighted by atomic mass is 35.5. The first-order valence-electron chi connectivity index (χ1n) is 11.0. The highest BCUT2D eigenvalue weighted by Crippen LogP contribution is 2.37. The number of hydrogen-bond acceptors (Lipinski definition) is 7. The maximum absolute atomic E-state index is 14.3. The molecule has 0 radical (unpaired) electrons. The highest BCUT2D eigenvalue weighted by molar-refractivity contribution is 6.32. The van der Waals surface area contributed by atoms with E-state index in [0.717, 1.165) is 11.0 Å². The molecule has 2 N–H and O–H groups in total. The van der Waals surface area contributed by atoms with Crippen LogP contribution in [0.4, 0.5) is 18.9 Å². The van der Waals surface area contributed by atoms with Gasteiger partial charge in [0.05, 0.1) is 52.4 Å². The first-order chi connectivity index (χ1) is 17.9. The molecule has 38 heavy (non-hydrogen) atoms. The van der Waals surface area contributed by atoms with Gasteiger partial charge in [-0.1, -0.05) is 23.7 Å². The molecule has 0 fully saturated rings. The van der Waals surface area contributed by atoms with Crippen LogP contribution in [0, 0.1) is 0 Å². The number of halogens is 4. The van der Waals surface area contributed by atoms with Crippen LogP contribution in [0.3, 0.4) is 0 Å². The minimum absolute atomic E-state index is 0.0579. The van der Waals surface area contributed by atoms with Crippen molar-refractivity contribution in [2.45, 2.75) is 25.6 Å². The third-order valence-corrected chi connectivity index (χ3v) is 5.84. The molecule has 0 spiro atoms.